The van der Waals surface area contributed by atoms with Gasteiger partial charge < -0.3 is 4.90 Å². The number of carbonyl (C=O) groups excluding carboxylic acids is 1. The van der Waals surface area contributed by atoms with Gasteiger partial charge >= 0.3 is 0 Å². The Balaban J connectivity index is 1.37. The lowest BCUT2D eigenvalue weighted by Crippen LogP contribution is -2.45. The number of carbonyl (C=O) groups is 1. The number of benzene rings is 2. The summed E-state index contributed by atoms with van der Waals surface area (Å²) in [5.41, 5.74) is 4.44. The summed E-state index contributed by atoms with van der Waals surface area (Å²) in [4.78, 5) is 14.7. The van der Waals surface area contributed by atoms with Crippen LogP contribution in [0.5, 0.6) is 0 Å². The van der Waals surface area contributed by atoms with E-state index in [4.69, 9.17) is 11.6 Å². The number of likely N-dealkylation sites (tertiary alicyclic amines) is 1. The van der Waals surface area contributed by atoms with E-state index in [2.05, 4.69) is 41.2 Å². The van der Waals surface area contributed by atoms with Crippen molar-refractivity contribution in [1.29, 1.82) is 5.26 Å². The van der Waals surface area contributed by atoms with Crippen LogP contribution in [0.1, 0.15) is 34.3 Å². The van der Waals surface area contributed by atoms with Crippen molar-refractivity contribution >= 4 is 23.2 Å². The van der Waals surface area contributed by atoms with E-state index in [1.54, 1.807) is 24.3 Å². The molecule has 4 rings (SSSR count). The molecule has 0 aliphatic carbocycles. The molecule has 6 heteroatoms. The number of halogens is 1. The zero-order valence-corrected chi connectivity index (χ0v) is 17.4. The summed E-state index contributed by atoms with van der Waals surface area (Å²) in [7, 11) is 0. The number of anilines is 1. The summed E-state index contributed by atoms with van der Waals surface area (Å²) >= 11 is 5.93. The largest absolute Gasteiger partial charge is 0.339 e. The van der Waals surface area contributed by atoms with E-state index in [0.717, 1.165) is 44.7 Å². The minimum Gasteiger partial charge on any atom is -0.339 e. The first-order valence-corrected chi connectivity index (χ1v) is 10.5. The van der Waals surface area contributed by atoms with Crippen molar-refractivity contribution < 1.29 is 4.79 Å². The van der Waals surface area contributed by atoms with Crippen LogP contribution in [-0.4, -0.2) is 42.0 Å². The maximum atomic E-state index is 12.7. The third-order valence-corrected chi connectivity index (χ3v) is 6.28. The maximum absolute atomic E-state index is 12.7. The van der Waals surface area contributed by atoms with Gasteiger partial charge in [-0.3, -0.25) is 9.80 Å². The standard InChI is InChI=1S/C23H25ClN4O/c1-17-3-2-4-22-21(17)16-27(28(22)14-11-25)15-18-9-12-26(13-10-18)23(29)19-5-7-20(24)8-6-19/h2-8,18H,9-10,12-16H2,1H3. The highest BCUT2D eigenvalue weighted by molar-refractivity contribution is 6.30. The SMILES string of the molecule is Cc1cccc2c1CN(CC1CCN(C(=O)c3ccc(Cl)cc3)CC1)N2CC#N. The number of hydrogen-bond donors (Lipinski definition) is 0. The smallest absolute Gasteiger partial charge is 0.253 e. The predicted molar refractivity (Wildman–Crippen MR) is 115 cm³/mol. The molecule has 0 unspecified atom stereocenters. The molecule has 150 valence electrons. The molecule has 5 nitrogen and oxygen atoms in total. The van der Waals surface area contributed by atoms with Crippen LogP contribution in [-0.2, 0) is 6.54 Å². The molecular weight excluding hydrogens is 384 g/mol. The normalized spacial score (nSPS) is 17.3. The molecule has 2 aromatic carbocycles. The van der Waals surface area contributed by atoms with Crippen LogP contribution in [0, 0.1) is 24.2 Å². The van der Waals surface area contributed by atoms with E-state index in [0.29, 0.717) is 23.0 Å². The molecule has 0 atom stereocenters. The Morgan fingerprint density at radius 1 is 1.17 bits per heavy atom. The van der Waals surface area contributed by atoms with Crippen molar-refractivity contribution in [2.24, 2.45) is 5.92 Å². The van der Waals surface area contributed by atoms with Crippen molar-refractivity contribution in [3.05, 3.63) is 64.2 Å². The summed E-state index contributed by atoms with van der Waals surface area (Å²) < 4.78 is 0. The lowest BCUT2D eigenvalue weighted by Gasteiger charge is -2.36. The summed E-state index contributed by atoms with van der Waals surface area (Å²) in [6.07, 6.45) is 1.96. The molecule has 1 amide bonds. The van der Waals surface area contributed by atoms with Gasteiger partial charge in [0, 0.05) is 36.8 Å². The number of fused-ring (bicyclic) bond motifs is 1. The van der Waals surface area contributed by atoms with Gasteiger partial charge in [0.2, 0.25) is 0 Å². The van der Waals surface area contributed by atoms with Crippen LogP contribution in [0.3, 0.4) is 0 Å². The zero-order chi connectivity index (χ0) is 20.4. The van der Waals surface area contributed by atoms with Gasteiger partial charge in [0.1, 0.15) is 6.54 Å². The van der Waals surface area contributed by atoms with E-state index in [9.17, 15) is 10.1 Å². The number of amides is 1. The van der Waals surface area contributed by atoms with E-state index in [1.807, 2.05) is 4.90 Å². The van der Waals surface area contributed by atoms with Gasteiger partial charge in [0.25, 0.3) is 5.91 Å². The van der Waals surface area contributed by atoms with Gasteiger partial charge in [-0.1, -0.05) is 23.7 Å². The second-order valence-electron chi connectivity index (χ2n) is 7.88. The summed E-state index contributed by atoms with van der Waals surface area (Å²) in [5.74, 6) is 0.593. The Morgan fingerprint density at radius 2 is 1.90 bits per heavy atom. The molecule has 2 aliphatic rings. The number of rotatable bonds is 4. The van der Waals surface area contributed by atoms with Gasteiger partial charge in [-0.05, 0) is 67.1 Å². The fourth-order valence-electron chi connectivity index (χ4n) is 4.36. The summed E-state index contributed by atoms with van der Waals surface area (Å²) in [6, 6.07) is 15.7. The van der Waals surface area contributed by atoms with Gasteiger partial charge in [-0.15, -0.1) is 0 Å². The van der Waals surface area contributed by atoms with Crippen molar-refractivity contribution in [3.8, 4) is 6.07 Å². The molecule has 0 saturated carbocycles. The summed E-state index contributed by atoms with van der Waals surface area (Å²) in [6.45, 7) is 5.80. The van der Waals surface area contributed by atoms with Crippen LogP contribution in [0.2, 0.25) is 5.02 Å². The highest BCUT2D eigenvalue weighted by Gasteiger charge is 2.31. The molecule has 0 radical (unpaired) electrons. The van der Waals surface area contributed by atoms with Crippen LogP contribution in [0.25, 0.3) is 0 Å². The quantitative estimate of drug-likeness (QED) is 0.709. The Bertz CT molecular complexity index is 929. The van der Waals surface area contributed by atoms with E-state index in [1.165, 1.54) is 11.1 Å². The minimum absolute atomic E-state index is 0.0791. The number of hydrazine groups is 1. The Labute approximate surface area is 177 Å². The molecule has 1 fully saturated rings. The molecule has 1 saturated heterocycles. The number of nitriles is 1. The van der Waals surface area contributed by atoms with Crippen molar-refractivity contribution in [3.63, 3.8) is 0 Å². The predicted octanol–water partition coefficient (Wildman–Crippen LogP) is 4.26. The number of aryl methyl sites for hydroxylation is 1. The fraction of sp³-hybridized carbons (Fsp3) is 0.391. The fourth-order valence-corrected chi connectivity index (χ4v) is 4.49. The second-order valence-corrected chi connectivity index (χ2v) is 8.31. The van der Waals surface area contributed by atoms with Crippen LogP contribution in [0.15, 0.2) is 42.5 Å². The van der Waals surface area contributed by atoms with Crippen LogP contribution >= 0.6 is 11.6 Å². The Kier molecular flexibility index (Phi) is 5.75. The third kappa shape index (κ3) is 4.10. The van der Waals surface area contributed by atoms with E-state index < -0.39 is 0 Å². The Hall–Kier alpha value is -2.55. The first-order valence-electron chi connectivity index (χ1n) is 10.1. The molecule has 2 heterocycles. The molecule has 0 bridgehead atoms. The number of hydrogen-bond acceptors (Lipinski definition) is 4. The lowest BCUT2D eigenvalue weighted by atomic mass is 9.96. The highest BCUT2D eigenvalue weighted by atomic mass is 35.5. The maximum Gasteiger partial charge on any atom is 0.253 e. The topological polar surface area (TPSA) is 50.6 Å². The Morgan fingerprint density at radius 3 is 2.59 bits per heavy atom. The van der Waals surface area contributed by atoms with Crippen molar-refractivity contribution in [2.45, 2.75) is 26.3 Å². The first kappa shape index (κ1) is 19.8. The lowest BCUT2D eigenvalue weighted by molar-refractivity contribution is 0.0665. The van der Waals surface area contributed by atoms with Gasteiger partial charge in [-0.25, -0.2) is 5.01 Å². The van der Waals surface area contributed by atoms with Gasteiger partial charge in [0.05, 0.1) is 11.8 Å². The third-order valence-electron chi connectivity index (χ3n) is 6.03. The van der Waals surface area contributed by atoms with Crippen molar-refractivity contribution in [1.82, 2.24) is 9.91 Å². The van der Waals surface area contributed by atoms with Gasteiger partial charge in [-0.2, -0.15) is 5.26 Å². The monoisotopic (exact) mass is 408 g/mol. The summed E-state index contributed by atoms with van der Waals surface area (Å²) in [5, 5.41) is 14.4. The molecule has 0 spiro atoms. The molecule has 29 heavy (non-hydrogen) atoms. The average Bonchev–Trinajstić information content (AvgIpc) is 3.08. The first-order chi connectivity index (χ1) is 14.1. The molecular formula is C23H25ClN4O. The number of nitrogens with zero attached hydrogens (tertiary/aromatic N) is 4. The second kappa shape index (κ2) is 8.44. The molecule has 0 aromatic heterocycles. The molecule has 2 aliphatic heterocycles. The van der Waals surface area contributed by atoms with E-state index >= 15 is 0 Å². The molecule has 0 N–H and O–H groups in total. The van der Waals surface area contributed by atoms with Crippen molar-refractivity contribution in [2.75, 3.05) is 31.2 Å². The molecule has 2 aromatic rings. The highest BCUT2D eigenvalue weighted by Crippen LogP contribution is 2.34. The van der Waals surface area contributed by atoms with Crippen LogP contribution < -0.4 is 5.01 Å². The minimum atomic E-state index is 0.0791. The van der Waals surface area contributed by atoms with E-state index in [-0.39, 0.29) is 5.91 Å². The number of piperidine rings is 1. The average molecular weight is 409 g/mol. The van der Waals surface area contributed by atoms with Gasteiger partial charge in [0.15, 0.2) is 0 Å². The zero-order valence-electron chi connectivity index (χ0n) is 16.6. The van der Waals surface area contributed by atoms with Crippen LogP contribution in [0.4, 0.5) is 5.69 Å².